The van der Waals surface area contributed by atoms with Crippen molar-refractivity contribution in [3.63, 3.8) is 0 Å². The molecule has 0 saturated carbocycles. The first-order valence-electron chi connectivity index (χ1n) is 11.5. The van der Waals surface area contributed by atoms with Gasteiger partial charge in [-0.1, -0.05) is 6.07 Å². The molecule has 0 aliphatic carbocycles. The number of benzene rings is 2. The number of hydrogen-bond acceptors (Lipinski definition) is 6. The van der Waals surface area contributed by atoms with Crippen LogP contribution in [-0.2, 0) is 11.2 Å². The Bertz CT molecular complexity index is 1170. The SMILES string of the molecule is CNC(=O)CN1CCCC(COc2cc3nccc(Cc4ccc(N)cc4F)c3cc2OC)C1. The highest BCUT2D eigenvalue weighted by Crippen LogP contribution is 2.34. The number of fused-ring (bicyclic) bond motifs is 1. The van der Waals surface area contributed by atoms with E-state index in [0.717, 1.165) is 42.4 Å². The average molecular weight is 467 g/mol. The van der Waals surface area contributed by atoms with Crippen LogP contribution in [0.3, 0.4) is 0 Å². The summed E-state index contributed by atoms with van der Waals surface area (Å²) in [5.41, 5.74) is 8.35. The average Bonchev–Trinajstić information content (AvgIpc) is 2.84. The Labute approximate surface area is 199 Å². The highest BCUT2D eigenvalue weighted by Gasteiger charge is 2.22. The smallest absolute Gasteiger partial charge is 0.233 e. The molecule has 34 heavy (non-hydrogen) atoms. The number of methoxy groups -OCH3 is 1. The molecule has 0 spiro atoms. The van der Waals surface area contributed by atoms with E-state index in [9.17, 15) is 9.18 Å². The van der Waals surface area contributed by atoms with E-state index < -0.39 is 0 Å². The quantitative estimate of drug-likeness (QED) is 0.495. The Morgan fingerprint density at radius 1 is 1.24 bits per heavy atom. The summed E-state index contributed by atoms with van der Waals surface area (Å²) in [6.45, 7) is 2.68. The van der Waals surface area contributed by atoms with Gasteiger partial charge in [-0.15, -0.1) is 0 Å². The number of nitrogens with one attached hydrogen (secondary N) is 1. The number of piperidine rings is 1. The third kappa shape index (κ3) is 5.56. The lowest BCUT2D eigenvalue weighted by Crippen LogP contribution is -2.43. The second kappa shape index (κ2) is 10.7. The molecule has 0 radical (unpaired) electrons. The molecule has 2 aromatic carbocycles. The van der Waals surface area contributed by atoms with E-state index in [1.165, 1.54) is 6.07 Å². The van der Waals surface area contributed by atoms with Gasteiger partial charge in [-0.2, -0.15) is 0 Å². The maximum absolute atomic E-state index is 14.4. The van der Waals surface area contributed by atoms with Crippen molar-refractivity contribution in [3.05, 3.63) is 59.5 Å². The van der Waals surface area contributed by atoms with Crippen LogP contribution >= 0.6 is 0 Å². The Hall–Kier alpha value is -3.39. The number of hydrogen-bond donors (Lipinski definition) is 2. The molecule has 1 atom stereocenters. The molecular weight excluding hydrogens is 435 g/mol. The third-order valence-electron chi connectivity index (χ3n) is 6.30. The number of carbonyl (C=O) groups excluding carboxylic acids is 1. The molecule has 8 heteroatoms. The van der Waals surface area contributed by atoms with E-state index in [1.807, 2.05) is 18.2 Å². The molecule has 1 amide bonds. The molecule has 1 aromatic heterocycles. The van der Waals surface area contributed by atoms with E-state index in [1.54, 1.807) is 32.5 Å². The predicted molar refractivity (Wildman–Crippen MR) is 131 cm³/mol. The number of likely N-dealkylation sites (N-methyl/N-ethyl adjacent to an activating group) is 1. The molecule has 1 fully saturated rings. The number of likely N-dealkylation sites (tertiary alicyclic amines) is 1. The number of halogens is 1. The summed E-state index contributed by atoms with van der Waals surface area (Å²) in [6, 6.07) is 10.4. The number of nitrogens with two attached hydrogens (primary N) is 1. The van der Waals surface area contributed by atoms with Crippen LogP contribution in [-0.4, -0.2) is 56.2 Å². The number of pyridine rings is 1. The molecule has 3 aromatic rings. The molecular formula is C26H31FN4O3. The fraction of sp³-hybridized carbons (Fsp3) is 0.385. The topological polar surface area (TPSA) is 89.7 Å². The summed E-state index contributed by atoms with van der Waals surface area (Å²) in [7, 11) is 3.26. The standard InChI is InChI=1S/C26H31FN4O3/c1-29-26(32)15-31-9-3-4-17(14-31)16-34-25-13-23-21(12-24(25)33-2)18(7-8-30-23)10-19-5-6-20(28)11-22(19)27/h5-8,11-13,17H,3-4,9-10,14-16,28H2,1-2H3,(H,29,32). The molecule has 1 unspecified atom stereocenters. The van der Waals surface area contributed by atoms with Crippen LogP contribution in [0, 0.1) is 11.7 Å². The zero-order chi connectivity index (χ0) is 24.1. The van der Waals surface area contributed by atoms with Crippen molar-refractivity contribution in [1.82, 2.24) is 15.2 Å². The van der Waals surface area contributed by atoms with Crippen molar-refractivity contribution in [1.29, 1.82) is 0 Å². The minimum atomic E-state index is -0.324. The summed E-state index contributed by atoms with van der Waals surface area (Å²) in [5.74, 6) is 1.26. The van der Waals surface area contributed by atoms with Gasteiger partial charge in [-0.25, -0.2) is 4.39 Å². The second-order valence-electron chi connectivity index (χ2n) is 8.75. The van der Waals surface area contributed by atoms with Gasteiger partial charge in [0, 0.05) is 49.3 Å². The van der Waals surface area contributed by atoms with Crippen molar-refractivity contribution in [2.24, 2.45) is 5.92 Å². The van der Waals surface area contributed by atoms with Gasteiger partial charge in [-0.3, -0.25) is 14.7 Å². The zero-order valence-corrected chi connectivity index (χ0v) is 19.6. The molecule has 4 rings (SSSR count). The fourth-order valence-electron chi connectivity index (χ4n) is 4.47. The van der Waals surface area contributed by atoms with Crippen molar-refractivity contribution in [2.45, 2.75) is 19.3 Å². The Morgan fingerprint density at radius 2 is 2.09 bits per heavy atom. The molecule has 2 heterocycles. The minimum absolute atomic E-state index is 0.0264. The van der Waals surface area contributed by atoms with Crippen LogP contribution in [0.5, 0.6) is 11.5 Å². The number of carbonyl (C=O) groups is 1. The number of nitrogen functional groups attached to an aromatic ring is 1. The zero-order valence-electron chi connectivity index (χ0n) is 19.6. The summed E-state index contributed by atoms with van der Waals surface area (Å²) >= 11 is 0. The van der Waals surface area contributed by atoms with Gasteiger partial charge >= 0.3 is 0 Å². The van der Waals surface area contributed by atoms with E-state index >= 15 is 0 Å². The van der Waals surface area contributed by atoms with Crippen molar-refractivity contribution < 1.29 is 18.7 Å². The van der Waals surface area contributed by atoms with E-state index in [-0.39, 0.29) is 11.7 Å². The Morgan fingerprint density at radius 3 is 2.85 bits per heavy atom. The first-order chi connectivity index (χ1) is 16.5. The van der Waals surface area contributed by atoms with Crippen molar-refractivity contribution >= 4 is 22.5 Å². The lowest BCUT2D eigenvalue weighted by atomic mass is 9.99. The molecule has 1 aliphatic heterocycles. The van der Waals surface area contributed by atoms with Crippen LogP contribution in [0.1, 0.15) is 24.0 Å². The number of aromatic nitrogens is 1. The Balaban J connectivity index is 1.51. The summed E-state index contributed by atoms with van der Waals surface area (Å²) in [5, 5.41) is 3.57. The largest absolute Gasteiger partial charge is 0.493 e. The van der Waals surface area contributed by atoms with Crippen LogP contribution < -0.4 is 20.5 Å². The van der Waals surface area contributed by atoms with Crippen LogP contribution in [0.25, 0.3) is 10.9 Å². The molecule has 1 aliphatic rings. The van der Waals surface area contributed by atoms with Gasteiger partial charge in [0.2, 0.25) is 5.91 Å². The second-order valence-corrected chi connectivity index (χ2v) is 8.75. The van der Waals surface area contributed by atoms with E-state index in [2.05, 4.69) is 15.2 Å². The Kier molecular flexibility index (Phi) is 7.47. The van der Waals surface area contributed by atoms with Gasteiger partial charge < -0.3 is 20.5 Å². The van der Waals surface area contributed by atoms with E-state index in [0.29, 0.717) is 48.2 Å². The number of amides is 1. The van der Waals surface area contributed by atoms with Gasteiger partial charge in [0.25, 0.3) is 0 Å². The number of rotatable bonds is 8. The maximum Gasteiger partial charge on any atom is 0.233 e. The minimum Gasteiger partial charge on any atom is -0.493 e. The molecule has 0 bridgehead atoms. The van der Waals surface area contributed by atoms with Crippen molar-refractivity contribution in [2.75, 3.05) is 46.1 Å². The lowest BCUT2D eigenvalue weighted by molar-refractivity contribution is -0.122. The highest BCUT2D eigenvalue weighted by atomic mass is 19.1. The molecule has 1 saturated heterocycles. The fourth-order valence-corrected chi connectivity index (χ4v) is 4.47. The van der Waals surface area contributed by atoms with Crippen LogP contribution in [0.15, 0.2) is 42.6 Å². The van der Waals surface area contributed by atoms with E-state index in [4.69, 9.17) is 15.2 Å². The number of nitrogens with zero attached hydrogens (tertiary/aromatic N) is 2. The number of ether oxygens (including phenoxy) is 2. The first kappa shape index (κ1) is 23.8. The summed E-state index contributed by atoms with van der Waals surface area (Å²) in [6.07, 6.45) is 4.22. The van der Waals surface area contributed by atoms with Gasteiger partial charge in [0.15, 0.2) is 11.5 Å². The van der Waals surface area contributed by atoms with Crippen molar-refractivity contribution in [3.8, 4) is 11.5 Å². The molecule has 7 nitrogen and oxygen atoms in total. The monoisotopic (exact) mass is 466 g/mol. The van der Waals surface area contributed by atoms with Crippen LogP contribution in [0.2, 0.25) is 0 Å². The molecule has 180 valence electrons. The highest BCUT2D eigenvalue weighted by molar-refractivity contribution is 5.86. The number of anilines is 1. The van der Waals surface area contributed by atoms with Gasteiger partial charge in [-0.05, 0) is 54.8 Å². The first-order valence-corrected chi connectivity index (χ1v) is 11.5. The lowest BCUT2D eigenvalue weighted by Gasteiger charge is -2.32. The third-order valence-corrected chi connectivity index (χ3v) is 6.30. The summed E-state index contributed by atoms with van der Waals surface area (Å²) < 4.78 is 26.2. The normalized spacial score (nSPS) is 16.4. The molecule has 3 N–H and O–H groups in total. The van der Waals surface area contributed by atoms with Gasteiger partial charge in [0.1, 0.15) is 5.82 Å². The summed E-state index contributed by atoms with van der Waals surface area (Å²) in [4.78, 5) is 18.4. The van der Waals surface area contributed by atoms with Crippen LogP contribution in [0.4, 0.5) is 10.1 Å². The predicted octanol–water partition coefficient (Wildman–Crippen LogP) is 3.39. The maximum atomic E-state index is 14.4. The van der Waals surface area contributed by atoms with Gasteiger partial charge in [0.05, 0.1) is 25.8 Å².